The molecule has 1 rings (SSSR count). The molecule has 4 nitrogen and oxygen atoms in total. The Balaban J connectivity index is 2.86. The molecule has 1 aromatic carbocycles. The number of benzene rings is 1. The van der Waals surface area contributed by atoms with Crippen molar-refractivity contribution in [2.24, 2.45) is 0 Å². The number of carbonyl (C=O) groups excluding carboxylic acids is 1. The Morgan fingerprint density at radius 1 is 1.22 bits per heavy atom. The monoisotopic (exact) mass is 271 g/mol. The summed E-state index contributed by atoms with van der Waals surface area (Å²) in [5.74, 6) is -0.116. The van der Waals surface area contributed by atoms with E-state index >= 15 is 0 Å². The second kappa shape index (κ2) is 7.11. The normalized spacial score (nSPS) is 10.3. The average Bonchev–Trinajstić information content (AvgIpc) is 2.32. The number of nitrogens with zero attached hydrogens (tertiary/aromatic N) is 1. The van der Waals surface area contributed by atoms with Crippen LogP contribution in [0.4, 0.5) is 0 Å². The van der Waals surface area contributed by atoms with E-state index in [0.29, 0.717) is 19.0 Å². The van der Waals surface area contributed by atoms with Gasteiger partial charge < -0.3 is 15.1 Å². The summed E-state index contributed by atoms with van der Waals surface area (Å²) < 4.78 is 0. The lowest BCUT2D eigenvalue weighted by molar-refractivity contribution is 0.0762. The van der Waals surface area contributed by atoms with Gasteiger partial charge >= 0.3 is 0 Å². The number of alkyl halides is 1. The molecule has 0 bridgehead atoms. The lowest BCUT2D eigenvalue weighted by Crippen LogP contribution is -2.33. The first kappa shape index (κ1) is 14.6. The second-order valence-corrected chi connectivity index (χ2v) is 4.45. The third-order valence-electron chi connectivity index (χ3n) is 2.57. The van der Waals surface area contributed by atoms with Crippen molar-refractivity contribution in [2.75, 3.05) is 19.0 Å². The van der Waals surface area contributed by atoms with E-state index in [-0.39, 0.29) is 23.0 Å². The van der Waals surface area contributed by atoms with Crippen molar-refractivity contribution in [2.45, 2.75) is 19.8 Å². The lowest BCUT2D eigenvalue weighted by Gasteiger charge is -2.21. The first-order chi connectivity index (χ1) is 8.58. The fraction of sp³-hybridized carbons (Fsp3) is 0.462. The molecule has 5 heteroatoms. The summed E-state index contributed by atoms with van der Waals surface area (Å²) in [6.07, 6.45) is 1.88. The third-order valence-corrected chi connectivity index (χ3v) is 2.74. The molecule has 0 aromatic heterocycles. The van der Waals surface area contributed by atoms with Gasteiger partial charge in [0.1, 0.15) is 11.5 Å². The zero-order valence-electron chi connectivity index (χ0n) is 10.4. The Morgan fingerprint density at radius 2 is 1.83 bits per heavy atom. The van der Waals surface area contributed by atoms with Crippen LogP contribution in [-0.2, 0) is 0 Å². The molecule has 0 aliphatic carbocycles. The molecule has 100 valence electrons. The van der Waals surface area contributed by atoms with Gasteiger partial charge in [0.25, 0.3) is 5.91 Å². The molecule has 0 spiro atoms. The van der Waals surface area contributed by atoms with Crippen LogP contribution < -0.4 is 0 Å². The summed E-state index contributed by atoms with van der Waals surface area (Å²) in [6.45, 7) is 3.12. The van der Waals surface area contributed by atoms with Gasteiger partial charge in [0.2, 0.25) is 0 Å². The van der Waals surface area contributed by atoms with E-state index in [4.69, 9.17) is 11.6 Å². The molecule has 1 aromatic rings. The minimum Gasteiger partial charge on any atom is -0.508 e. The number of phenolic OH excluding ortho intramolecular Hbond substituents is 2. The smallest absolute Gasteiger partial charge is 0.254 e. The first-order valence-corrected chi connectivity index (χ1v) is 6.50. The molecule has 1 amide bonds. The first-order valence-electron chi connectivity index (χ1n) is 5.96. The number of hydrogen-bond donors (Lipinski definition) is 2. The topological polar surface area (TPSA) is 60.8 Å². The van der Waals surface area contributed by atoms with Gasteiger partial charge in [0.15, 0.2) is 0 Å². The molecular formula is C13H18ClNO3. The predicted octanol–water partition coefficient (Wildman–Crippen LogP) is 2.58. The summed E-state index contributed by atoms with van der Waals surface area (Å²) >= 11 is 5.68. The van der Waals surface area contributed by atoms with Crippen molar-refractivity contribution in [3.63, 3.8) is 0 Å². The molecule has 0 saturated carbocycles. The number of phenols is 2. The highest BCUT2D eigenvalue weighted by Gasteiger charge is 2.16. The molecule has 0 radical (unpaired) electrons. The predicted molar refractivity (Wildman–Crippen MR) is 71.3 cm³/mol. The summed E-state index contributed by atoms with van der Waals surface area (Å²) in [6, 6.07) is 3.87. The summed E-state index contributed by atoms with van der Waals surface area (Å²) in [5.41, 5.74) is 0.272. The highest BCUT2D eigenvalue weighted by atomic mass is 35.5. The molecule has 0 saturated heterocycles. The molecular weight excluding hydrogens is 254 g/mol. The molecule has 0 unspecified atom stereocenters. The van der Waals surface area contributed by atoms with Crippen molar-refractivity contribution in [1.29, 1.82) is 0 Å². The number of amides is 1. The van der Waals surface area contributed by atoms with Crippen LogP contribution in [0.3, 0.4) is 0 Å². The summed E-state index contributed by atoms with van der Waals surface area (Å²) in [4.78, 5) is 13.8. The Labute approximate surface area is 112 Å². The van der Waals surface area contributed by atoms with E-state index in [2.05, 4.69) is 0 Å². The largest absolute Gasteiger partial charge is 0.508 e. The van der Waals surface area contributed by atoms with Crippen molar-refractivity contribution < 1.29 is 15.0 Å². The van der Waals surface area contributed by atoms with E-state index in [0.717, 1.165) is 12.8 Å². The Morgan fingerprint density at radius 3 is 2.33 bits per heavy atom. The second-order valence-electron chi connectivity index (χ2n) is 4.07. The maximum Gasteiger partial charge on any atom is 0.254 e. The van der Waals surface area contributed by atoms with E-state index in [1.165, 1.54) is 18.2 Å². The highest BCUT2D eigenvalue weighted by Crippen LogP contribution is 2.21. The fourth-order valence-electron chi connectivity index (χ4n) is 1.67. The minimum atomic E-state index is -0.227. The van der Waals surface area contributed by atoms with Gasteiger partial charge in [0.05, 0.1) is 0 Å². The van der Waals surface area contributed by atoms with Gasteiger partial charge in [-0.25, -0.2) is 0 Å². The van der Waals surface area contributed by atoms with Gasteiger partial charge in [0, 0.05) is 30.6 Å². The molecule has 18 heavy (non-hydrogen) atoms. The highest BCUT2D eigenvalue weighted by molar-refractivity contribution is 6.18. The molecule has 0 aliphatic rings. The molecule has 0 aliphatic heterocycles. The summed E-state index contributed by atoms with van der Waals surface area (Å²) in [7, 11) is 0. The van der Waals surface area contributed by atoms with Crippen molar-refractivity contribution >= 4 is 17.5 Å². The van der Waals surface area contributed by atoms with Gasteiger partial charge in [-0.1, -0.05) is 13.3 Å². The van der Waals surface area contributed by atoms with Crippen LogP contribution in [0.5, 0.6) is 11.5 Å². The van der Waals surface area contributed by atoms with Gasteiger partial charge in [-0.15, -0.1) is 11.6 Å². The SMILES string of the molecule is CCCCN(CCCl)C(=O)c1cc(O)cc(O)c1. The molecule has 2 N–H and O–H groups in total. The third kappa shape index (κ3) is 4.11. The quantitative estimate of drug-likeness (QED) is 0.782. The average molecular weight is 272 g/mol. The standard InChI is InChI=1S/C13H18ClNO3/c1-2-3-5-15(6-4-14)13(18)10-7-11(16)9-12(17)8-10/h7-9,16-17H,2-6H2,1H3. The number of unbranched alkanes of at least 4 members (excludes halogenated alkanes) is 1. The van der Waals surface area contributed by atoms with E-state index in [1.54, 1.807) is 4.90 Å². The van der Waals surface area contributed by atoms with Crippen LogP contribution in [0.1, 0.15) is 30.1 Å². The maximum atomic E-state index is 12.2. The zero-order chi connectivity index (χ0) is 13.5. The van der Waals surface area contributed by atoms with Gasteiger partial charge in [-0.05, 0) is 18.6 Å². The zero-order valence-corrected chi connectivity index (χ0v) is 11.2. The van der Waals surface area contributed by atoms with Crippen LogP contribution in [0.15, 0.2) is 18.2 Å². The molecule has 0 atom stereocenters. The molecule has 0 heterocycles. The Hall–Kier alpha value is -1.42. The van der Waals surface area contributed by atoms with Crippen LogP contribution >= 0.6 is 11.6 Å². The number of carbonyl (C=O) groups is 1. The van der Waals surface area contributed by atoms with E-state index in [1.807, 2.05) is 6.92 Å². The van der Waals surface area contributed by atoms with Crippen LogP contribution in [0, 0.1) is 0 Å². The Kier molecular flexibility index (Phi) is 5.78. The lowest BCUT2D eigenvalue weighted by atomic mass is 10.1. The fourth-order valence-corrected chi connectivity index (χ4v) is 1.87. The van der Waals surface area contributed by atoms with Crippen molar-refractivity contribution in [3.8, 4) is 11.5 Å². The minimum absolute atomic E-state index is 0.125. The van der Waals surface area contributed by atoms with Gasteiger partial charge in [-0.2, -0.15) is 0 Å². The van der Waals surface area contributed by atoms with Crippen LogP contribution in [0.25, 0.3) is 0 Å². The number of hydrogen-bond acceptors (Lipinski definition) is 3. The van der Waals surface area contributed by atoms with Gasteiger partial charge in [-0.3, -0.25) is 4.79 Å². The number of aromatic hydroxyl groups is 2. The summed E-state index contributed by atoms with van der Waals surface area (Å²) in [5, 5.41) is 18.7. The maximum absolute atomic E-state index is 12.2. The molecule has 0 fully saturated rings. The Bertz CT molecular complexity index is 389. The number of rotatable bonds is 6. The number of halogens is 1. The van der Waals surface area contributed by atoms with Crippen molar-refractivity contribution in [1.82, 2.24) is 4.90 Å². The van der Waals surface area contributed by atoms with Crippen LogP contribution in [0.2, 0.25) is 0 Å². The van der Waals surface area contributed by atoms with E-state index in [9.17, 15) is 15.0 Å². The van der Waals surface area contributed by atoms with Crippen molar-refractivity contribution in [3.05, 3.63) is 23.8 Å². The van der Waals surface area contributed by atoms with E-state index < -0.39 is 0 Å². The van der Waals surface area contributed by atoms with Crippen LogP contribution in [-0.4, -0.2) is 40.0 Å².